The normalized spacial score (nSPS) is 11.8. The molecule has 2 amide bonds. The number of thioether (sulfide) groups is 1. The number of rotatable bonds is 9. The Morgan fingerprint density at radius 1 is 1.14 bits per heavy atom. The lowest BCUT2D eigenvalue weighted by Crippen LogP contribution is -2.28. The van der Waals surface area contributed by atoms with E-state index in [1.165, 1.54) is 0 Å². The van der Waals surface area contributed by atoms with Gasteiger partial charge in [0.15, 0.2) is 0 Å². The lowest BCUT2D eigenvalue weighted by molar-refractivity contribution is -0.119. The minimum absolute atomic E-state index is 0.00166. The number of amides is 2. The van der Waals surface area contributed by atoms with E-state index in [0.29, 0.717) is 12.2 Å². The van der Waals surface area contributed by atoms with Crippen LogP contribution in [-0.2, 0) is 9.59 Å². The molecule has 5 heteroatoms. The zero-order valence-corrected chi connectivity index (χ0v) is 14.5. The SMILES string of the molecule is CCCCSCC(=O)N[C@@H](C)c1ccc(NC(=O)CC)cc1. The second-order valence-electron chi connectivity index (χ2n) is 5.22. The molecule has 0 fully saturated rings. The standard InChI is InChI=1S/C17H26N2O2S/c1-4-6-11-22-12-17(21)18-13(3)14-7-9-15(10-8-14)19-16(20)5-2/h7-10,13H,4-6,11-12H2,1-3H3,(H,18,21)(H,19,20)/t13-/m0/s1. The Morgan fingerprint density at radius 2 is 1.82 bits per heavy atom. The molecule has 1 aromatic rings. The van der Waals surface area contributed by atoms with E-state index in [0.717, 1.165) is 29.8 Å². The molecule has 0 spiro atoms. The number of carbonyl (C=O) groups excluding carboxylic acids is 2. The van der Waals surface area contributed by atoms with E-state index in [4.69, 9.17) is 0 Å². The quantitative estimate of drug-likeness (QED) is 0.681. The molecule has 0 aromatic heterocycles. The zero-order chi connectivity index (χ0) is 16.4. The number of hydrogen-bond donors (Lipinski definition) is 2. The first-order valence-electron chi connectivity index (χ1n) is 7.83. The summed E-state index contributed by atoms with van der Waals surface area (Å²) in [5.74, 6) is 1.61. The molecular weight excluding hydrogens is 296 g/mol. The van der Waals surface area contributed by atoms with Crippen LogP contribution in [0, 0.1) is 0 Å². The Balaban J connectivity index is 2.43. The maximum absolute atomic E-state index is 11.9. The summed E-state index contributed by atoms with van der Waals surface area (Å²) in [5.41, 5.74) is 1.81. The monoisotopic (exact) mass is 322 g/mol. The maximum Gasteiger partial charge on any atom is 0.230 e. The van der Waals surface area contributed by atoms with Gasteiger partial charge in [0.2, 0.25) is 11.8 Å². The van der Waals surface area contributed by atoms with Gasteiger partial charge in [-0.2, -0.15) is 11.8 Å². The van der Waals surface area contributed by atoms with Gasteiger partial charge in [0, 0.05) is 12.1 Å². The smallest absolute Gasteiger partial charge is 0.230 e. The predicted octanol–water partition coefficient (Wildman–Crippen LogP) is 3.75. The topological polar surface area (TPSA) is 58.2 Å². The highest BCUT2D eigenvalue weighted by Gasteiger charge is 2.09. The van der Waals surface area contributed by atoms with Crippen molar-refractivity contribution in [3.8, 4) is 0 Å². The molecule has 0 aliphatic heterocycles. The van der Waals surface area contributed by atoms with Crippen molar-refractivity contribution in [1.29, 1.82) is 0 Å². The van der Waals surface area contributed by atoms with Gasteiger partial charge in [-0.1, -0.05) is 32.4 Å². The van der Waals surface area contributed by atoms with Crippen molar-refractivity contribution in [1.82, 2.24) is 5.32 Å². The van der Waals surface area contributed by atoms with Crippen LogP contribution in [0.3, 0.4) is 0 Å². The van der Waals surface area contributed by atoms with Gasteiger partial charge < -0.3 is 10.6 Å². The van der Waals surface area contributed by atoms with E-state index in [2.05, 4.69) is 17.6 Å². The van der Waals surface area contributed by atoms with Crippen LogP contribution in [0.15, 0.2) is 24.3 Å². The molecule has 0 unspecified atom stereocenters. The Labute approximate surface area is 137 Å². The molecule has 2 N–H and O–H groups in total. The summed E-state index contributed by atoms with van der Waals surface area (Å²) in [7, 11) is 0. The van der Waals surface area contributed by atoms with E-state index in [1.807, 2.05) is 38.1 Å². The highest BCUT2D eigenvalue weighted by Crippen LogP contribution is 2.16. The molecule has 0 radical (unpaired) electrons. The Kier molecular flexibility index (Phi) is 8.67. The summed E-state index contributed by atoms with van der Waals surface area (Å²) in [5, 5.41) is 5.81. The second kappa shape index (κ2) is 10.3. The van der Waals surface area contributed by atoms with Crippen molar-refractivity contribution in [2.75, 3.05) is 16.8 Å². The lowest BCUT2D eigenvalue weighted by atomic mass is 10.1. The van der Waals surface area contributed by atoms with E-state index in [1.54, 1.807) is 11.8 Å². The fourth-order valence-corrected chi connectivity index (χ4v) is 2.79. The third-order valence-electron chi connectivity index (χ3n) is 3.27. The number of unbranched alkanes of at least 4 members (excludes halogenated alkanes) is 1. The van der Waals surface area contributed by atoms with E-state index >= 15 is 0 Å². The van der Waals surface area contributed by atoms with Crippen molar-refractivity contribution in [3.63, 3.8) is 0 Å². The summed E-state index contributed by atoms with van der Waals surface area (Å²) in [6.07, 6.45) is 2.77. The van der Waals surface area contributed by atoms with Crippen molar-refractivity contribution >= 4 is 29.3 Å². The number of hydrogen-bond acceptors (Lipinski definition) is 3. The molecule has 22 heavy (non-hydrogen) atoms. The van der Waals surface area contributed by atoms with Gasteiger partial charge in [-0.05, 0) is 36.8 Å². The van der Waals surface area contributed by atoms with Crippen LogP contribution in [0.1, 0.15) is 51.6 Å². The van der Waals surface area contributed by atoms with Crippen molar-refractivity contribution < 1.29 is 9.59 Å². The molecule has 1 rings (SSSR count). The molecule has 1 aromatic carbocycles. The number of carbonyl (C=O) groups is 2. The summed E-state index contributed by atoms with van der Waals surface area (Å²) >= 11 is 1.68. The first-order chi connectivity index (χ1) is 10.6. The second-order valence-corrected chi connectivity index (χ2v) is 6.32. The zero-order valence-electron chi connectivity index (χ0n) is 13.6. The van der Waals surface area contributed by atoms with Crippen molar-refractivity contribution in [2.45, 2.75) is 46.1 Å². The molecule has 0 saturated carbocycles. The van der Waals surface area contributed by atoms with Crippen molar-refractivity contribution in [3.05, 3.63) is 29.8 Å². The molecule has 4 nitrogen and oxygen atoms in total. The molecule has 0 aliphatic rings. The van der Waals surface area contributed by atoms with Crippen LogP contribution in [0.2, 0.25) is 0 Å². The van der Waals surface area contributed by atoms with Crippen LogP contribution in [0.25, 0.3) is 0 Å². The van der Waals surface area contributed by atoms with E-state index in [9.17, 15) is 9.59 Å². The van der Waals surface area contributed by atoms with Crippen LogP contribution in [0.5, 0.6) is 0 Å². The van der Waals surface area contributed by atoms with Gasteiger partial charge >= 0.3 is 0 Å². The summed E-state index contributed by atoms with van der Waals surface area (Å²) in [6, 6.07) is 7.56. The number of anilines is 1. The summed E-state index contributed by atoms with van der Waals surface area (Å²) < 4.78 is 0. The Bertz CT molecular complexity index is 474. The third-order valence-corrected chi connectivity index (χ3v) is 4.31. The van der Waals surface area contributed by atoms with E-state index < -0.39 is 0 Å². The molecule has 0 aliphatic carbocycles. The highest BCUT2D eigenvalue weighted by atomic mass is 32.2. The summed E-state index contributed by atoms with van der Waals surface area (Å²) in [4.78, 5) is 23.2. The fourth-order valence-electron chi connectivity index (χ4n) is 1.88. The Morgan fingerprint density at radius 3 is 2.41 bits per heavy atom. The highest BCUT2D eigenvalue weighted by molar-refractivity contribution is 7.99. The molecule has 0 saturated heterocycles. The van der Waals surface area contributed by atoms with Crippen molar-refractivity contribution in [2.24, 2.45) is 0 Å². The first kappa shape index (κ1) is 18.6. The van der Waals surface area contributed by atoms with Crippen LogP contribution in [0.4, 0.5) is 5.69 Å². The predicted molar refractivity (Wildman–Crippen MR) is 94.2 cm³/mol. The lowest BCUT2D eigenvalue weighted by Gasteiger charge is -2.15. The molecule has 122 valence electrons. The molecule has 0 heterocycles. The van der Waals surface area contributed by atoms with Crippen LogP contribution < -0.4 is 10.6 Å². The third kappa shape index (κ3) is 6.98. The van der Waals surface area contributed by atoms with E-state index in [-0.39, 0.29) is 17.9 Å². The van der Waals surface area contributed by atoms with Crippen LogP contribution in [-0.4, -0.2) is 23.3 Å². The van der Waals surface area contributed by atoms with Gasteiger partial charge in [-0.15, -0.1) is 0 Å². The van der Waals surface area contributed by atoms with Gasteiger partial charge in [0.1, 0.15) is 0 Å². The first-order valence-corrected chi connectivity index (χ1v) is 8.99. The minimum Gasteiger partial charge on any atom is -0.349 e. The average molecular weight is 322 g/mol. The molecule has 1 atom stereocenters. The average Bonchev–Trinajstić information content (AvgIpc) is 2.52. The number of nitrogens with one attached hydrogen (secondary N) is 2. The van der Waals surface area contributed by atoms with Gasteiger partial charge in [0.05, 0.1) is 11.8 Å². The molecule has 0 bridgehead atoms. The minimum atomic E-state index is -0.0322. The van der Waals surface area contributed by atoms with Gasteiger partial charge in [-0.25, -0.2) is 0 Å². The maximum atomic E-state index is 11.9. The van der Waals surface area contributed by atoms with Gasteiger partial charge in [0.25, 0.3) is 0 Å². The van der Waals surface area contributed by atoms with Gasteiger partial charge in [-0.3, -0.25) is 9.59 Å². The van der Waals surface area contributed by atoms with Crippen LogP contribution >= 0.6 is 11.8 Å². The summed E-state index contributed by atoms with van der Waals surface area (Å²) in [6.45, 7) is 5.93. The largest absolute Gasteiger partial charge is 0.349 e. The fraction of sp³-hybridized carbons (Fsp3) is 0.529. The Hall–Kier alpha value is -1.49. The molecular formula is C17H26N2O2S. The number of benzene rings is 1.